The van der Waals surface area contributed by atoms with E-state index in [4.69, 9.17) is 0 Å². The van der Waals surface area contributed by atoms with E-state index in [0.29, 0.717) is 0 Å². The van der Waals surface area contributed by atoms with Gasteiger partial charge in [0, 0.05) is 24.2 Å². The van der Waals surface area contributed by atoms with E-state index in [0.717, 1.165) is 6.54 Å². The molecule has 0 aliphatic carbocycles. The molecule has 0 radical (unpaired) electrons. The van der Waals surface area contributed by atoms with Gasteiger partial charge in [-0.25, -0.2) is 4.98 Å². The Hall–Kier alpha value is -1.58. The third kappa shape index (κ3) is 2.26. The van der Waals surface area contributed by atoms with Crippen LogP contribution in [0.15, 0.2) is 31.1 Å². The lowest BCUT2D eigenvalue weighted by Gasteiger charge is -2.18. The number of hydrogen-bond acceptors (Lipinski definition) is 2. The van der Waals surface area contributed by atoms with Gasteiger partial charge in [-0.2, -0.15) is 5.10 Å². The fourth-order valence-corrected chi connectivity index (χ4v) is 1.40. The zero-order chi connectivity index (χ0) is 10.9. The number of imidazole rings is 1. The summed E-state index contributed by atoms with van der Waals surface area (Å²) in [6.45, 7) is 7.25. The molecule has 0 aliphatic heterocycles. The first kappa shape index (κ1) is 9.96. The SMILES string of the molecule is CC(C)(C)n1cc(Cn2ccnc2)cn1. The highest BCUT2D eigenvalue weighted by Gasteiger charge is 2.13. The van der Waals surface area contributed by atoms with Crippen molar-refractivity contribution >= 4 is 0 Å². The second kappa shape index (κ2) is 3.53. The molecule has 0 spiro atoms. The molecule has 2 aromatic heterocycles. The standard InChI is InChI=1S/C11H16N4/c1-11(2,3)15-8-10(6-13-15)7-14-5-4-12-9-14/h4-6,8-9H,7H2,1-3H3. The second-order valence-corrected chi connectivity index (χ2v) is 4.70. The maximum atomic E-state index is 4.35. The first-order chi connectivity index (χ1) is 7.05. The molecule has 0 unspecified atom stereocenters. The summed E-state index contributed by atoms with van der Waals surface area (Å²) in [5.41, 5.74) is 1.25. The summed E-state index contributed by atoms with van der Waals surface area (Å²) in [5.74, 6) is 0. The van der Waals surface area contributed by atoms with Crippen molar-refractivity contribution in [2.75, 3.05) is 0 Å². The fourth-order valence-electron chi connectivity index (χ4n) is 1.40. The van der Waals surface area contributed by atoms with E-state index >= 15 is 0 Å². The second-order valence-electron chi connectivity index (χ2n) is 4.70. The van der Waals surface area contributed by atoms with Crippen molar-refractivity contribution < 1.29 is 0 Å². The van der Waals surface area contributed by atoms with Gasteiger partial charge in [-0.3, -0.25) is 4.68 Å². The predicted molar refractivity (Wildman–Crippen MR) is 58.6 cm³/mol. The van der Waals surface area contributed by atoms with Crippen LogP contribution in [0.4, 0.5) is 0 Å². The predicted octanol–water partition coefficient (Wildman–Crippen LogP) is 1.88. The molecule has 4 nitrogen and oxygen atoms in total. The van der Waals surface area contributed by atoms with Crippen LogP contribution in [-0.4, -0.2) is 19.3 Å². The van der Waals surface area contributed by atoms with Crippen LogP contribution in [0.3, 0.4) is 0 Å². The third-order valence-corrected chi connectivity index (χ3v) is 2.25. The topological polar surface area (TPSA) is 35.6 Å². The molecule has 0 aromatic carbocycles. The molecule has 0 N–H and O–H groups in total. The summed E-state index contributed by atoms with van der Waals surface area (Å²) in [4.78, 5) is 4.01. The molecule has 0 fully saturated rings. The Labute approximate surface area is 89.6 Å². The first-order valence-electron chi connectivity index (χ1n) is 5.05. The van der Waals surface area contributed by atoms with E-state index < -0.39 is 0 Å². The van der Waals surface area contributed by atoms with Gasteiger partial charge < -0.3 is 4.57 Å². The van der Waals surface area contributed by atoms with Crippen molar-refractivity contribution in [3.63, 3.8) is 0 Å². The van der Waals surface area contributed by atoms with Crippen molar-refractivity contribution in [1.29, 1.82) is 0 Å². The third-order valence-electron chi connectivity index (χ3n) is 2.25. The van der Waals surface area contributed by atoms with E-state index in [9.17, 15) is 0 Å². The smallest absolute Gasteiger partial charge is 0.0949 e. The lowest BCUT2D eigenvalue weighted by molar-refractivity contribution is 0.355. The van der Waals surface area contributed by atoms with Crippen molar-refractivity contribution in [1.82, 2.24) is 19.3 Å². The van der Waals surface area contributed by atoms with Crippen LogP contribution in [0.25, 0.3) is 0 Å². The Morgan fingerprint density at radius 2 is 2.13 bits per heavy atom. The van der Waals surface area contributed by atoms with E-state index in [1.54, 1.807) is 6.20 Å². The van der Waals surface area contributed by atoms with E-state index in [2.05, 4.69) is 37.1 Å². The summed E-state index contributed by atoms with van der Waals surface area (Å²) in [7, 11) is 0. The van der Waals surface area contributed by atoms with Crippen LogP contribution < -0.4 is 0 Å². The molecule has 80 valence electrons. The summed E-state index contributed by atoms with van der Waals surface area (Å²) in [6.07, 6.45) is 9.54. The van der Waals surface area contributed by atoms with Crippen LogP contribution >= 0.6 is 0 Å². The Balaban J connectivity index is 2.15. The molecule has 2 rings (SSSR count). The average molecular weight is 204 g/mol. The Kier molecular flexibility index (Phi) is 2.34. The van der Waals surface area contributed by atoms with Crippen LogP contribution in [0.2, 0.25) is 0 Å². The fraction of sp³-hybridized carbons (Fsp3) is 0.455. The van der Waals surface area contributed by atoms with Crippen molar-refractivity contribution in [2.24, 2.45) is 0 Å². The summed E-state index contributed by atoms with van der Waals surface area (Å²) >= 11 is 0. The molecule has 4 heteroatoms. The Bertz CT molecular complexity index is 420. The first-order valence-corrected chi connectivity index (χ1v) is 5.05. The monoisotopic (exact) mass is 204 g/mol. The zero-order valence-electron chi connectivity index (χ0n) is 9.38. The lowest BCUT2D eigenvalue weighted by atomic mass is 10.1. The largest absolute Gasteiger partial charge is 0.333 e. The van der Waals surface area contributed by atoms with E-state index in [1.807, 2.05) is 28.0 Å². The van der Waals surface area contributed by atoms with Crippen LogP contribution in [0.1, 0.15) is 26.3 Å². The van der Waals surface area contributed by atoms with Gasteiger partial charge in [0.15, 0.2) is 0 Å². The Morgan fingerprint density at radius 3 is 2.67 bits per heavy atom. The zero-order valence-corrected chi connectivity index (χ0v) is 9.38. The molecule has 15 heavy (non-hydrogen) atoms. The lowest BCUT2D eigenvalue weighted by Crippen LogP contribution is -2.21. The van der Waals surface area contributed by atoms with Crippen molar-refractivity contribution in [2.45, 2.75) is 32.9 Å². The molecular weight excluding hydrogens is 188 g/mol. The minimum absolute atomic E-state index is 0.0488. The molecule has 2 heterocycles. The van der Waals surface area contributed by atoms with Crippen LogP contribution in [0, 0.1) is 0 Å². The Morgan fingerprint density at radius 1 is 1.33 bits per heavy atom. The molecule has 0 bridgehead atoms. The van der Waals surface area contributed by atoms with Gasteiger partial charge in [-0.05, 0) is 20.8 Å². The number of nitrogens with zero attached hydrogens (tertiary/aromatic N) is 4. The van der Waals surface area contributed by atoms with Crippen molar-refractivity contribution in [3.05, 3.63) is 36.7 Å². The molecular formula is C11H16N4. The average Bonchev–Trinajstić information content (AvgIpc) is 2.73. The number of hydrogen-bond donors (Lipinski definition) is 0. The number of aromatic nitrogens is 4. The summed E-state index contributed by atoms with van der Waals surface area (Å²) in [5, 5.41) is 4.35. The minimum atomic E-state index is 0.0488. The van der Waals surface area contributed by atoms with E-state index in [1.165, 1.54) is 5.56 Å². The summed E-state index contributed by atoms with van der Waals surface area (Å²) < 4.78 is 4.02. The van der Waals surface area contributed by atoms with Gasteiger partial charge in [-0.15, -0.1) is 0 Å². The molecule has 0 atom stereocenters. The minimum Gasteiger partial charge on any atom is -0.333 e. The normalized spacial score (nSPS) is 11.9. The molecule has 0 aliphatic rings. The maximum Gasteiger partial charge on any atom is 0.0949 e. The van der Waals surface area contributed by atoms with Crippen LogP contribution in [0.5, 0.6) is 0 Å². The van der Waals surface area contributed by atoms with E-state index in [-0.39, 0.29) is 5.54 Å². The van der Waals surface area contributed by atoms with Gasteiger partial charge in [0.1, 0.15) is 0 Å². The highest BCUT2D eigenvalue weighted by Crippen LogP contribution is 2.13. The highest BCUT2D eigenvalue weighted by molar-refractivity contribution is 5.06. The van der Waals surface area contributed by atoms with Gasteiger partial charge in [0.2, 0.25) is 0 Å². The van der Waals surface area contributed by atoms with Crippen molar-refractivity contribution in [3.8, 4) is 0 Å². The molecule has 0 saturated heterocycles. The quantitative estimate of drug-likeness (QED) is 0.748. The summed E-state index contributed by atoms with van der Waals surface area (Å²) in [6, 6.07) is 0. The highest BCUT2D eigenvalue weighted by atomic mass is 15.3. The van der Waals surface area contributed by atoms with Gasteiger partial charge in [-0.1, -0.05) is 0 Å². The number of rotatable bonds is 2. The molecule has 0 amide bonds. The molecule has 2 aromatic rings. The van der Waals surface area contributed by atoms with Gasteiger partial charge in [0.05, 0.1) is 24.6 Å². The van der Waals surface area contributed by atoms with Gasteiger partial charge in [0.25, 0.3) is 0 Å². The van der Waals surface area contributed by atoms with Gasteiger partial charge >= 0.3 is 0 Å². The maximum absolute atomic E-state index is 4.35. The molecule has 0 saturated carbocycles. The van der Waals surface area contributed by atoms with Crippen LogP contribution in [-0.2, 0) is 12.1 Å².